The van der Waals surface area contributed by atoms with Gasteiger partial charge in [-0.3, -0.25) is 9.88 Å². The van der Waals surface area contributed by atoms with Gasteiger partial charge < -0.3 is 9.64 Å². The number of thioether (sulfide) groups is 1. The standard InChI is InChI=1S/C18H30N4O2S/c1-18(2,3)24-17(23)22-11-7-6-8-14(22)12-21(4)13-15-16(25-5)20-10-9-19-15/h9-10,14H,6-8,11-13H2,1-5H3. The van der Waals surface area contributed by atoms with E-state index >= 15 is 0 Å². The number of nitrogens with zero attached hydrogens (tertiary/aromatic N) is 4. The van der Waals surface area contributed by atoms with E-state index in [1.807, 2.05) is 31.9 Å². The number of carbonyl (C=O) groups excluding carboxylic acids is 1. The molecule has 0 N–H and O–H groups in total. The SMILES string of the molecule is CSc1nccnc1CN(C)CC1CCCCN1C(=O)OC(C)(C)C. The van der Waals surface area contributed by atoms with Crippen molar-refractivity contribution in [1.82, 2.24) is 19.8 Å². The molecule has 1 saturated heterocycles. The van der Waals surface area contributed by atoms with Crippen LogP contribution in [-0.2, 0) is 11.3 Å². The van der Waals surface area contributed by atoms with Gasteiger partial charge in [0.05, 0.1) is 5.69 Å². The molecule has 1 unspecified atom stereocenters. The summed E-state index contributed by atoms with van der Waals surface area (Å²) in [5.41, 5.74) is 0.523. The molecule has 6 nitrogen and oxygen atoms in total. The minimum absolute atomic E-state index is 0.183. The first-order valence-electron chi connectivity index (χ1n) is 8.82. The molecular formula is C18H30N4O2S. The van der Waals surface area contributed by atoms with Gasteiger partial charge in [-0.2, -0.15) is 0 Å². The maximum Gasteiger partial charge on any atom is 0.410 e. The van der Waals surface area contributed by atoms with E-state index in [1.165, 1.54) is 0 Å². The molecule has 0 bridgehead atoms. The van der Waals surface area contributed by atoms with Crippen molar-refractivity contribution < 1.29 is 9.53 Å². The molecule has 0 spiro atoms. The van der Waals surface area contributed by atoms with Crippen LogP contribution >= 0.6 is 11.8 Å². The highest BCUT2D eigenvalue weighted by Gasteiger charge is 2.31. The third-order valence-electron chi connectivity index (χ3n) is 4.13. The lowest BCUT2D eigenvalue weighted by Gasteiger charge is -2.38. The van der Waals surface area contributed by atoms with E-state index in [9.17, 15) is 4.79 Å². The zero-order valence-electron chi connectivity index (χ0n) is 16.0. The number of likely N-dealkylation sites (N-methyl/N-ethyl adjacent to an activating group) is 1. The fourth-order valence-corrected chi connectivity index (χ4v) is 3.58. The van der Waals surface area contributed by atoms with Crippen molar-refractivity contribution in [3.05, 3.63) is 18.1 Å². The summed E-state index contributed by atoms with van der Waals surface area (Å²) in [6.45, 7) is 8.04. The Labute approximate surface area is 155 Å². The number of piperidine rings is 1. The summed E-state index contributed by atoms with van der Waals surface area (Å²) >= 11 is 1.61. The van der Waals surface area contributed by atoms with Gasteiger partial charge in [-0.05, 0) is 53.3 Å². The Hall–Kier alpha value is -1.34. The molecule has 0 radical (unpaired) electrons. The number of hydrogen-bond donors (Lipinski definition) is 0. The third kappa shape index (κ3) is 6.15. The molecule has 0 saturated carbocycles. The van der Waals surface area contributed by atoms with Crippen LogP contribution in [0, 0.1) is 0 Å². The summed E-state index contributed by atoms with van der Waals surface area (Å²) in [7, 11) is 2.07. The number of carbonyl (C=O) groups is 1. The Balaban J connectivity index is 1.99. The summed E-state index contributed by atoms with van der Waals surface area (Å²) in [4.78, 5) is 25.5. The predicted octanol–water partition coefficient (Wildman–Crippen LogP) is 3.42. The maximum atomic E-state index is 12.5. The number of aromatic nitrogens is 2. The molecular weight excluding hydrogens is 336 g/mol. The molecule has 1 aliphatic rings. The van der Waals surface area contributed by atoms with Gasteiger partial charge in [0.1, 0.15) is 10.6 Å². The van der Waals surface area contributed by atoms with E-state index in [0.29, 0.717) is 0 Å². The Bertz CT molecular complexity index is 576. The second-order valence-corrected chi connectivity index (χ2v) is 8.33. The van der Waals surface area contributed by atoms with Crippen molar-refractivity contribution >= 4 is 17.9 Å². The van der Waals surface area contributed by atoms with Gasteiger partial charge in [0.2, 0.25) is 0 Å². The van der Waals surface area contributed by atoms with Crippen LogP contribution in [0.15, 0.2) is 17.4 Å². The fourth-order valence-electron chi connectivity index (χ4n) is 3.06. The second kappa shape index (κ2) is 8.85. The van der Waals surface area contributed by atoms with E-state index in [0.717, 1.165) is 49.6 Å². The van der Waals surface area contributed by atoms with Gasteiger partial charge in [-0.1, -0.05) is 0 Å². The molecule has 1 aromatic heterocycles. The molecule has 25 heavy (non-hydrogen) atoms. The fraction of sp³-hybridized carbons (Fsp3) is 0.722. The zero-order chi connectivity index (χ0) is 18.4. The average molecular weight is 367 g/mol. The largest absolute Gasteiger partial charge is 0.444 e. The molecule has 0 aliphatic carbocycles. The van der Waals surface area contributed by atoms with Crippen molar-refractivity contribution in [2.45, 2.75) is 63.2 Å². The number of likely N-dealkylation sites (tertiary alicyclic amines) is 1. The van der Waals surface area contributed by atoms with Crippen molar-refractivity contribution in [2.24, 2.45) is 0 Å². The molecule has 1 aliphatic heterocycles. The van der Waals surface area contributed by atoms with E-state index in [2.05, 4.69) is 21.9 Å². The molecule has 1 aromatic rings. The summed E-state index contributed by atoms with van der Waals surface area (Å²) in [5.74, 6) is 0. The highest BCUT2D eigenvalue weighted by atomic mass is 32.2. The monoisotopic (exact) mass is 366 g/mol. The van der Waals surface area contributed by atoms with E-state index < -0.39 is 5.60 Å². The molecule has 140 valence electrons. The number of rotatable bonds is 5. The van der Waals surface area contributed by atoms with Crippen LogP contribution in [0.25, 0.3) is 0 Å². The first kappa shape index (κ1) is 20.0. The molecule has 1 atom stereocenters. The summed E-state index contributed by atoms with van der Waals surface area (Å²) in [5, 5.41) is 0.960. The van der Waals surface area contributed by atoms with Crippen LogP contribution in [0.4, 0.5) is 4.79 Å². The lowest BCUT2D eigenvalue weighted by Crippen LogP contribution is -2.50. The lowest BCUT2D eigenvalue weighted by atomic mass is 10.0. The summed E-state index contributed by atoms with van der Waals surface area (Å²) < 4.78 is 5.59. The summed E-state index contributed by atoms with van der Waals surface area (Å²) in [6.07, 6.45) is 8.48. The first-order chi connectivity index (χ1) is 11.8. The Morgan fingerprint density at radius 1 is 1.36 bits per heavy atom. The van der Waals surface area contributed by atoms with Gasteiger partial charge in [-0.15, -0.1) is 11.8 Å². The normalized spacial score (nSPS) is 18.5. The zero-order valence-corrected chi connectivity index (χ0v) is 16.8. The molecule has 1 amide bonds. The van der Waals surface area contributed by atoms with Crippen molar-refractivity contribution in [2.75, 3.05) is 26.4 Å². The molecule has 0 aromatic carbocycles. The van der Waals surface area contributed by atoms with E-state index in [1.54, 1.807) is 24.2 Å². The summed E-state index contributed by atoms with van der Waals surface area (Å²) in [6, 6.07) is 0.183. The third-order valence-corrected chi connectivity index (χ3v) is 4.85. The van der Waals surface area contributed by atoms with E-state index in [-0.39, 0.29) is 12.1 Å². The van der Waals surface area contributed by atoms with Crippen LogP contribution < -0.4 is 0 Å². The number of hydrogen-bond acceptors (Lipinski definition) is 6. The number of amides is 1. The van der Waals surface area contributed by atoms with Crippen LogP contribution in [0.3, 0.4) is 0 Å². The van der Waals surface area contributed by atoms with Gasteiger partial charge >= 0.3 is 6.09 Å². The average Bonchev–Trinajstić information content (AvgIpc) is 2.54. The van der Waals surface area contributed by atoms with Gasteiger partial charge in [0, 0.05) is 38.1 Å². The predicted molar refractivity (Wildman–Crippen MR) is 101 cm³/mol. The minimum atomic E-state index is -0.460. The van der Waals surface area contributed by atoms with Crippen molar-refractivity contribution in [3.8, 4) is 0 Å². The Morgan fingerprint density at radius 2 is 2.08 bits per heavy atom. The number of ether oxygens (including phenoxy) is 1. The maximum absolute atomic E-state index is 12.5. The van der Waals surface area contributed by atoms with Crippen molar-refractivity contribution in [3.63, 3.8) is 0 Å². The second-order valence-electron chi connectivity index (χ2n) is 7.53. The van der Waals surface area contributed by atoms with Crippen LogP contribution in [0.5, 0.6) is 0 Å². The highest BCUT2D eigenvalue weighted by molar-refractivity contribution is 7.98. The molecule has 7 heteroatoms. The molecule has 2 heterocycles. The van der Waals surface area contributed by atoms with Crippen LogP contribution in [-0.4, -0.2) is 63.9 Å². The minimum Gasteiger partial charge on any atom is -0.444 e. The van der Waals surface area contributed by atoms with Gasteiger partial charge in [0.25, 0.3) is 0 Å². The topological polar surface area (TPSA) is 58.6 Å². The molecule has 1 fully saturated rings. The van der Waals surface area contributed by atoms with Crippen LogP contribution in [0.2, 0.25) is 0 Å². The lowest BCUT2D eigenvalue weighted by molar-refractivity contribution is 0.00580. The quantitative estimate of drug-likeness (QED) is 0.744. The first-order valence-corrected chi connectivity index (χ1v) is 10.0. The van der Waals surface area contributed by atoms with Crippen LogP contribution in [0.1, 0.15) is 45.7 Å². The molecule has 2 rings (SSSR count). The van der Waals surface area contributed by atoms with Gasteiger partial charge in [0.15, 0.2) is 0 Å². The van der Waals surface area contributed by atoms with Gasteiger partial charge in [-0.25, -0.2) is 9.78 Å². The highest BCUT2D eigenvalue weighted by Crippen LogP contribution is 2.22. The van der Waals surface area contributed by atoms with Crippen molar-refractivity contribution in [1.29, 1.82) is 0 Å². The Kier molecular flexibility index (Phi) is 7.07. The smallest absolute Gasteiger partial charge is 0.410 e. The van der Waals surface area contributed by atoms with E-state index in [4.69, 9.17) is 4.74 Å². The Morgan fingerprint density at radius 3 is 2.76 bits per heavy atom.